The molecule has 1 aromatic rings. The molecule has 1 aliphatic rings. The molecule has 6 heteroatoms. The van der Waals surface area contributed by atoms with E-state index in [2.05, 4.69) is 5.32 Å². The summed E-state index contributed by atoms with van der Waals surface area (Å²) in [5, 5.41) is 3.55. The number of halogens is 3. The van der Waals surface area contributed by atoms with E-state index in [0.29, 0.717) is 10.7 Å². The Kier molecular flexibility index (Phi) is 4.52. The number of hydrogen-bond acceptors (Lipinski definition) is 3. The van der Waals surface area contributed by atoms with Gasteiger partial charge in [-0.2, -0.15) is 0 Å². The van der Waals surface area contributed by atoms with Gasteiger partial charge in [0.1, 0.15) is 0 Å². The van der Waals surface area contributed by atoms with Crippen molar-refractivity contribution in [1.82, 2.24) is 0 Å². The van der Waals surface area contributed by atoms with Gasteiger partial charge in [0.25, 0.3) is 0 Å². The SMILES string of the molecule is CCOC(=O)C1(Cl)C=C(CCl)c2cc(C)c(Cl)cc2N1. The zero-order chi connectivity index (χ0) is 14.9. The highest BCUT2D eigenvalue weighted by Crippen LogP contribution is 2.39. The maximum Gasteiger partial charge on any atom is 0.351 e. The van der Waals surface area contributed by atoms with Crippen molar-refractivity contribution in [2.45, 2.75) is 18.8 Å². The highest BCUT2D eigenvalue weighted by Gasteiger charge is 2.39. The number of benzene rings is 1. The molecule has 0 amide bonds. The molecule has 0 bridgehead atoms. The lowest BCUT2D eigenvalue weighted by Gasteiger charge is -2.31. The molecule has 1 unspecified atom stereocenters. The Hall–Kier alpha value is -0.900. The van der Waals surface area contributed by atoms with E-state index in [4.69, 9.17) is 39.5 Å². The molecule has 0 fully saturated rings. The first-order valence-electron chi connectivity index (χ1n) is 6.13. The smallest absolute Gasteiger partial charge is 0.351 e. The van der Waals surface area contributed by atoms with Gasteiger partial charge in [-0.1, -0.05) is 23.2 Å². The van der Waals surface area contributed by atoms with Crippen LogP contribution in [-0.2, 0) is 9.53 Å². The van der Waals surface area contributed by atoms with Crippen LogP contribution in [0.2, 0.25) is 5.02 Å². The first-order chi connectivity index (χ1) is 9.41. The molecule has 20 heavy (non-hydrogen) atoms. The van der Waals surface area contributed by atoms with Crippen molar-refractivity contribution >= 4 is 52.0 Å². The highest BCUT2D eigenvalue weighted by molar-refractivity contribution is 6.38. The molecule has 108 valence electrons. The number of alkyl halides is 2. The number of aryl methyl sites for hydroxylation is 1. The highest BCUT2D eigenvalue weighted by atomic mass is 35.5. The quantitative estimate of drug-likeness (QED) is 0.511. The number of ether oxygens (including phenoxy) is 1. The summed E-state index contributed by atoms with van der Waals surface area (Å²) in [5.41, 5.74) is 3.26. The number of allylic oxidation sites excluding steroid dienone is 1. The van der Waals surface area contributed by atoms with Crippen LogP contribution in [0.3, 0.4) is 0 Å². The summed E-state index contributed by atoms with van der Waals surface area (Å²) >= 11 is 18.4. The summed E-state index contributed by atoms with van der Waals surface area (Å²) in [5.74, 6) is -0.324. The van der Waals surface area contributed by atoms with Crippen molar-refractivity contribution < 1.29 is 9.53 Å². The Morgan fingerprint density at radius 3 is 2.75 bits per heavy atom. The van der Waals surface area contributed by atoms with Gasteiger partial charge >= 0.3 is 5.97 Å². The van der Waals surface area contributed by atoms with Crippen LogP contribution in [0.1, 0.15) is 18.1 Å². The minimum atomic E-state index is -1.45. The number of hydrogen-bond donors (Lipinski definition) is 1. The molecular weight excluding hydrogens is 321 g/mol. The molecule has 0 aliphatic carbocycles. The summed E-state index contributed by atoms with van der Waals surface area (Å²) in [6.07, 6.45) is 1.59. The number of fused-ring (bicyclic) bond motifs is 1. The number of rotatable bonds is 3. The van der Waals surface area contributed by atoms with Gasteiger partial charge in [0.05, 0.1) is 6.61 Å². The molecular formula is C14H14Cl3NO2. The lowest BCUT2D eigenvalue weighted by atomic mass is 9.96. The van der Waals surface area contributed by atoms with E-state index in [1.165, 1.54) is 0 Å². The second-order valence-corrected chi connectivity index (χ2v) is 5.78. The Bertz CT molecular complexity index is 586. The summed E-state index contributed by atoms with van der Waals surface area (Å²) < 4.78 is 4.99. The lowest BCUT2D eigenvalue weighted by molar-refractivity contribution is -0.144. The summed E-state index contributed by atoms with van der Waals surface area (Å²) in [6, 6.07) is 3.66. The van der Waals surface area contributed by atoms with Gasteiger partial charge in [0.15, 0.2) is 0 Å². The van der Waals surface area contributed by atoms with Gasteiger partial charge in [-0.05, 0) is 43.2 Å². The van der Waals surface area contributed by atoms with E-state index in [-0.39, 0.29) is 12.5 Å². The fourth-order valence-electron chi connectivity index (χ4n) is 2.06. The second-order valence-electron chi connectivity index (χ2n) is 4.51. The molecule has 2 rings (SSSR count). The van der Waals surface area contributed by atoms with Gasteiger partial charge < -0.3 is 10.1 Å². The van der Waals surface area contributed by atoms with Crippen molar-refractivity contribution in [3.8, 4) is 0 Å². The fraction of sp³-hybridized carbons (Fsp3) is 0.357. The molecule has 1 atom stereocenters. The summed E-state index contributed by atoms with van der Waals surface area (Å²) in [7, 11) is 0. The standard InChI is InChI=1S/C14H14Cl3NO2/c1-3-20-13(19)14(17)6-9(7-15)10-4-8(2)11(16)5-12(10)18-14/h4-6,18H,3,7H2,1-2H3. The van der Waals surface area contributed by atoms with Crippen LogP contribution in [0.4, 0.5) is 5.69 Å². The molecule has 1 N–H and O–H groups in total. The van der Waals surface area contributed by atoms with E-state index in [1.807, 2.05) is 13.0 Å². The number of anilines is 1. The van der Waals surface area contributed by atoms with E-state index in [0.717, 1.165) is 16.7 Å². The average Bonchev–Trinajstić information content (AvgIpc) is 2.40. The van der Waals surface area contributed by atoms with E-state index < -0.39 is 11.0 Å². The number of nitrogens with one attached hydrogen (secondary N) is 1. The number of carbonyl (C=O) groups excluding carboxylic acids is 1. The number of carbonyl (C=O) groups is 1. The molecule has 0 saturated heterocycles. The molecule has 0 spiro atoms. The van der Waals surface area contributed by atoms with Crippen LogP contribution in [0.25, 0.3) is 5.57 Å². The Morgan fingerprint density at radius 2 is 2.15 bits per heavy atom. The maximum atomic E-state index is 12.0. The van der Waals surface area contributed by atoms with Crippen LogP contribution in [0.15, 0.2) is 18.2 Å². The topological polar surface area (TPSA) is 38.3 Å². The molecule has 1 aliphatic heterocycles. The van der Waals surface area contributed by atoms with Crippen LogP contribution in [0, 0.1) is 6.92 Å². The minimum absolute atomic E-state index is 0.240. The Morgan fingerprint density at radius 1 is 1.45 bits per heavy atom. The third-order valence-corrected chi connectivity index (χ3v) is 4.10. The first kappa shape index (κ1) is 15.5. The average molecular weight is 335 g/mol. The monoisotopic (exact) mass is 333 g/mol. The van der Waals surface area contributed by atoms with Crippen molar-refractivity contribution in [3.63, 3.8) is 0 Å². The van der Waals surface area contributed by atoms with E-state index in [9.17, 15) is 4.79 Å². The third kappa shape index (κ3) is 2.76. The minimum Gasteiger partial charge on any atom is -0.463 e. The number of esters is 1. The van der Waals surface area contributed by atoms with Crippen molar-refractivity contribution in [1.29, 1.82) is 0 Å². The predicted molar refractivity (Wildman–Crippen MR) is 83.7 cm³/mol. The van der Waals surface area contributed by atoms with Gasteiger partial charge in [0, 0.05) is 22.2 Å². The third-order valence-electron chi connectivity index (χ3n) is 3.05. The molecule has 0 radical (unpaired) electrons. The van der Waals surface area contributed by atoms with Crippen LogP contribution in [0.5, 0.6) is 0 Å². The van der Waals surface area contributed by atoms with Crippen LogP contribution >= 0.6 is 34.8 Å². The molecule has 3 nitrogen and oxygen atoms in total. The largest absolute Gasteiger partial charge is 0.463 e. The zero-order valence-electron chi connectivity index (χ0n) is 11.1. The maximum absolute atomic E-state index is 12.0. The zero-order valence-corrected chi connectivity index (χ0v) is 13.4. The Balaban J connectivity index is 2.51. The normalized spacial score (nSPS) is 20.8. The predicted octanol–water partition coefficient (Wildman–Crippen LogP) is 4.19. The van der Waals surface area contributed by atoms with E-state index in [1.54, 1.807) is 19.1 Å². The van der Waals surface area contributed by atoms with Gasteiger partial charge in [-0.3, -0.25) is 0 Å². The van der Waals surface area contributed by atoms with Crippen LogP contribution in [-0.4, -0.2) is 23.5 Å². The second kappa shape index (κ2) is 5.84. The fourth-order valence-corrected chi connectivity index (χ4v) is 2.73. The van der Waals surface area contributed by atoms with Crippen molar-refractivity contribution in [2.75, 3.05) is 17.8 Å². The van der Waals surface area contributed by atoms with Crippen molar-refractivity contribution in [2.24, 2.45) is 0 Å². The molecule has 1 heterocycles. The summed E-state index contributed by atoms with van der Waals surface area (Å²) in [6.45, 7) is 3.88. The summed E-state index contributed by atoms with van der Waals surface area (Å²) in [4.78, 5) is 10.6. The van der Waals surface area contributed by atoms with Crippen molar-refractivity contribution in [3.05, 3.63) is 34.4 Å². The lowest BCUT2D eigenvalue weighted by Crippen LogP contribution is -2.42. The first-order valence-corrected chi connectivity index (χ1v) is 7.43. The molecule has 0 aromatic heterocycles. The van der Waals surface area contributed by atoms with Gasteiger partial charge in [0.2, 0.25) is 5.00 Å². The van der Waals surface area contributed by atoms with Gasteiger partial charge in [-0.15, -0.1) is 11.6 Å². The molecule has 1 aromatic carbocycles. The molecule has 0 saturated carbocycles. The van der Waals surface area contributed by atoms with Gasteiger partial charge in [-0.25, -0.2) is 4.79 Å². The van der Waals surface area contributed by atoms with E-state index >= 15 is 0 Å². The van der Waals surface area contributed by atoms with Crippen LogP contribution < -0.4 is 5.32 Å². The Labute approximate surface area is 132 Å².